The van der Waals surface area contributed by atoms with Crippen LogP contribution >= 0.6 is 0 Å². The van der Waals surface area contributed by atoms with Crippen molar-refractivity contribution in [3.05, 3.63) is 17.5 Å². The van der Waals surface area contributed by atoms with Gasteiger partial charge in [0.1, 0.15) is 6.04 Å². The highest BCUT2D eigenvalue weighted by Gasteiger charge is 2.40. The molecule has 2 heterocycles. The predicted molar refractivity (Wildman–Crippen MR) is 70.8 cm³/mol. The van der Waals surface area contributed by atoms with E-state index in [1.54, 1.807) is 0 Å². The molecule has 0 aromatic carbocycles. The van der Waals surface area contributed by atoms with E-state index < -0.39 is 12.2 Å². The van der Waals surface area contributed by atoms with Crippen LogP contribution in [0.5, 0.6) is 0 Å². The minimum Gasteiger partial charge on any atom is -0.338 e. The summed E-state index contributed by atoms with van der Waals surface area (Å²) < 4.78 is 38.0. The molecule has 2 rings (SSSR count). The summed E-state index contributed by atoms with van der Waals surface area (Å²) >= 11 is 0. The third-order valence-electron chi connectivity index (χ3n) is 3.59. The van der Waals surface area contributed by atoms with Crippen LogP contribution in [0.25, 0.3) is 0 Å². The number of halogens is 3. The van der Waals surface area contributed by atoms with Crippen molar-refractivity contribution in [1.82, 2.24) is 14.9 Å². The number of hydrogen-bond donors (Lipinski definition) is 0. The smallest absolute Gasteiger partial charge is 0.338 e. The van der Waals surface area contributed by atoms with Gasteiger partial charge in [0.15, 0.2) is 0 Å². The van der Waals surface area contributed by atoms with Crippen molar-refractivity contribution in [2.45, 2.75) is 33.0 Å². The molecule has 7 heteroatoms. The fraction of sp³-hybridized carbons (Fsp3) is 0.692. The summed E-state index contributed by atoms with van der Waals surface area (Å²) in [6.45, 7) is 6.77. The number of anilines is 1. The first-order valence-corrected chi connectivity index (χ1v) is 6.65. The van der Waals surface area contributed by atoms with Crippen molar-refractivity contribution in [1.29, 1.82) is 0 Å². The standard InChI is InChI=1S/C13H19F3N4/c1-9-8-10(2)18-12(17-9)20-6-4-19(5-7-20)11(3)13(14,15)16/h8,11H,4-7H2,1-3H3/t11-/m0/s1. The second kappa shape index (κ2) is 5.55. The lowest BCUT2D eigenvalue weighted by Crippen LogP contribution is -2.54. The van der Waals surface area contributed by atoms with Gasteiger partial charge in [-0.3, -0.25) is 4.90 Å². The van der Waals surface area contributed by atoms with Crippen molar-refractivity contribution in [3.8, 4) is 0 Å². The molecule has 0 bridgehead atoms. The Morgan fingerprint density at radius 3 is 2.00 bits per heavy atom. The molecule has 0 saturated carbocycles. The number of aryl methyl sites for hydroxylation is 2. The van der Waals surface area contributed by atoms with Crippen LogP contribution in [-0.2, 0) is 0 Å². The Hall–Kier alpha value is -1.37. The SMILES string of the molecule is Cc1cc(C)nc(N2CCN([C@@H](C)C(F)(F)F)CC2)n1. The molecule has 1 fully saturated rings. The Balaban J connectivity index is 2.01. The van der Waals surface area contributed by atoms with E-state index in [0.717, 1.165) is 11.4 Å². The summed E-state index contributed by atoms with van der Waals surface area (Å²) in [5.74, 6) is 0.613. The summed E-state index contributed by atoms with van der Waals surface area (Å²) in [5, 5.41) is 0. The van der Waals surface area contributed by atoms with Gasteiger partial charge in [-0.25, -0.2) is 9.97 Å². The van der Waals surface area contributed by atoms with Gasteiger partial charge in [-0.1, -0.05) is 0 Å². The molecule has 0 amide bonds. The van der Waals surface area contributed by atoms with Crippen molar-refractivity contribution >= 4 is 5.95 Å². The second-order valence-corrected chi connectivity index (χ2v) is 5.19. The van der Waals surface area contributed by atoms with E-state index in [2.05, 4.69) is 9.97 Å². The van der Waals surface area contributed by atoms with Crippen LogP contribution in [0.2, 0.25) is 0 Å². The lowest BCUT2D eigenvalue weighted by molar-refractivity contribution is -0.179. The van der Waals surface area contributed by atoms with Crippen LogP contribution in [0.15, 0.2) is 6.07 Å². The summed E-state index contributed by atoms with van der Waals surface area (Å²) in [5.41, 5.74) is 1.75. The third kappa shape index (κ3) is 3.39. The zero-order valence-electron chi connectivity index (χ0n) is 11.9. The van der Waals surface area contributed by atoms with Gasteiger partial charge >= 0.3 is 6.18 Å². The molecule has 0 spiro atoms. The summed E-state index contributed by atoms with van der Waals surface area (Å²) in [4.78, 5) is 12.1. The number of aromatic nitrogens is 2. The molecule has 1 saturated heterocycles. The van der Waals surface area contributed by atoms with Crippen LogP contribution in [0.1, 0.15) is 18.3 Å². The van der Waals surface area contributed by atoms with Gasteiger partial charge < -0.3 is 4.90 Å². The van der Waals surface area contributed by atoms with Gasteiger partial charge in [0.2, 0.25) is 5.95 Å². The van der Waals surface area contributed by atoms with Crippen molar-refractivity contribution in [3.63, 3.8) is 0 Å². The predicted octanol–water partition coefficient (Wildman–Crippen LogP) is 2.17. The van der Waals surface area contributed by atoms with Crippen molar-refractivity contribution < 1.29 is 13.2 Å². The molecule has 112 valence electrons. The van der Waals surface area contributed by atoms with E-state index in [9.17, 15) is 13.2 Å². The van der Waals surface area contributed by atoms with Gasteiger partial charge in [0, 0.05) is 37.6 Å². The zero-order chi connectivity index (χ0) is 14.9. The Morgan fingerprint density at radius 1 is 1.05 bits per heavy atom. The van der Waals surface area contributed by atoms with Crippen LogP contribution in [0.3, 0.4) is 0 Å². The Morgan fingerprint density at radius 2 is 1.55 bits per heavy atom. The molecule has 1 atom stereocenters. The Kier molecular flexibility index (Phi) is 4.17. The quantitative estimate of drug-likeness (QED) is 0.835. The largest absolute Gasteiger partial charge is 0.403 e. The van der Waals surface area contributed by atoms with Crippen molar-refractivity contribution in [2.24, 2.45) is 0 Å². The summed E-state index contributed by atoms with van der Waals surface area (Å²) in [7, 11) is 0. The summed E-state index contributed by atoms with van der Waals surface area (Å²) in [6.07, 6.45) is -4.17. The second-order valence-electron chi connectivity index (χ2n) is 5.19. The van der Waals surface area contributed by atoms with Gasteiger partial charge in [-0.2, -0.15) is 13.2 Å². The maximum atomic E-state index is 12.7. The molecule has 1 aromatic rings. The normalized spacial score (nSPS) is 19.2. The highest BCUT2D eigenvalue weighted by atomic mass is 19.4. The number of rotatable bonds is 2. The van der Waals surface area contributed by atoms with Crippen LogP contribution in [0, 0.1) is 13.8 Å². The molecule has 4 nitrogen and oxygen atoms in total. The first kappa shape index (κ1) is 15.0. The number of alkyl halides is 3. The molecule has 0 unspecified atom stereocenters. The first-order valence-electron chi connectivity index (χ1n) is 6.65. The van der Waals surface area contributed by atoms with Crippen LogP contribution < -0.4 is 4.90 Å². The molecule has 0 aliphatic carbocycles. The molecule has 0 N–H and O–H groups in total. The van der Waals surface area contributed by atoms with Gasteiger partial charge in [-0.15, -0.1) is 0 Å². The van der Waals surface area contributed by atoms with Gasteiger partial charge in [0.05, 0.1) is 0 Å². The molecule has 20 heavy (non-hydrogen) atoms. The minimum atomic E-state index is -4.17. The van der Waals surface area contributed by atoms with Crippen LogP contribution in [-0.4, -0.2) is 53.3 Å². The Bertz CT molecular complexity index is 447. The van der Waals surface area contributed by atoms with Gasteiger partial charge in [-0.05, 0) is 26.8 Å². The monoisotopic (exact) mass is 288 g/mol. The molecule has 1 aliphatic rings. The Labute approximate surface area is 116 Å². The van der Waals surface area contributed by atoms with E-state index >= 15 is 0 Å². The van der Waals surface area contributed by atoms with Crippen molar-refractivity contribution in [2.75, 3.05) is 31.1 Å². The fourth-order valence-electron chi connectivity index (χ4n) is 2.36. The average Bonchev–Trinajstić information content (AvgIpc) is 2.36. The topological polar surface area (TPSA) is 32.3 Å². The molecule has 1 aliphatic heterocycles. The van der Waals surface area contributed by atoms with Crippen LogP contribution in [0.4, 0.5) is 19.1 Å². The first-order chi connectivity index (χ1) is 9.27. The molecular formula is C13H19F3N4. The average molecular weight is 288 g/mol. The maximum Gasteiger partial charge on any atom is 0.403 e. The lowest BCUT2D eigenvalue weighted by Gasteiger charge is -2.38. The highest BCUT2D eigenvalue weighted by Crippen LogP contribution is 2.25. The molecular weight excluding hydrogens is 269 g/mol. The van der Waals surface area contributed by atoms with E-state index in [-0.39, 0.29) is 0 Å². The molecule has 0 radical (unpaired) electrons. The fourth-order valence-corrected chi connectivity index (χ4v) is 2.36. The zero-order valence-corrected chi connectivity index (χ0v) is 11.9. The third-order valence-corrected chi connectivity index (χ3v) is 3.59. The number of nitrogens with zero attached hydrogens (tertiary/aromatic N) is 4. The number of piperazine rings is 1. The maximum absolute atomic E-state index is 12.7. The van der Waals surface area contributed by atoms with E-state index in [1.165, 1.54) is 11.8 Å². The van der Waals surface area contributed by atoms with E-state index in [4.69, 9.17) is 0 Å². The number of hydrogen-bond acceptors (Lipinski definition) is 4. The molecule has 1 aromatic heterocycles. The van der Waals surface area contributed by atoms with E-state index in [1.807, 2.05) is 24.8 Å². The highest BCUT2D eigenvalue weighted by molar-refractivity contribution is 5.32. The van der Waals surface area contributed by atoms with Gasteiger partial charge in [0.25, 0.3) is 0 Å². The minimum absolute atomic E-state index is 0.372. The van der Waals surface area contributed by atoms with E-state index in [0.29, 0.717) is 32.1 Å². The summed E-state index contributed by atoms with van der Waals surface area (Å²) in [6, 6.07) is 0.482. The lowest BCUT2D eigenvalue weighted by atomic mass is 10.2.